The van der Waals surface area contributed by atoms with E-state index in [-0.39, 0.29) is 0 Å². The Morgan fingerprint density at radius 2 is 1.33 bits per heavy atom. The van der Waals surface area contributed by atoms with Crippen LogP contribution in [-0.2, 0) is 9.59 Å². The normalized spacial score (nSPS) is 6.44. The van der Waals surface area contributed by atoms with Crippen LogP contribution in [0.1, 0.15) is 6.42 Å². The molecule has 50 valence electrons. The molecule has 0 aromatic heterocycles. The summed E-state index contributed by atoms with van der Waals surface area (Å²) in [4.78, 5) is 18.9. The number of rotatable bonds is 2. The van der Waals surface area contributed by atoms with Gasteiger partial charge in [-0.1, -0.05) is 0 Å². The minimum Gasteiger partial charge on any atom is -0.481 e. The Morgan fingerprint density at radius 3 is 1.33 bits per heavy atom. The van der Waals surface area contributed by atoms with E-state index in [1.54, 1.807) is 0 Å². The number of hydrogen-bond acceptors (Lipinski definition) is 2. The summed E-state index contributed by atoms with van der Waals surface area (Å²) in [6.45, 7) is 0. The van der Waals surface area contributed by atoms with Gasteiger partial charge in [-0.3, -0.25) is 9.59 Å². The maximum absolute atomic E-state index is 9.43. The second-order valence-electron chi connectivity index (χ2n) is 0.964. The first kappa shape index (κ1) is 10.5. The lowest BCUT2D eigenvalue weighted by molar-refractivity contribution is -0.147. The lowest BCUT2D eigenvalue weighted by Crippen LogP contribution is -2.03. The van der Waals surface area contributed by atoms with E-state index in [0.29, 0.717) is 0 Å². The van der Waals surface area contributed by atoms with Crippen LogP contribution in [0.25, 0.3) is 0 Å². The highest BCUT2D eigenvalue weighted by Gasteiger charge is 2.01. The molecule has 0 heterocycles. The van der Waals surface area contributed by atoms with E-state index < -0.39 is 18.4 Å². The first-order valence-corrected chi connectivity index (χ1v) is 1.90. The van der Waals surface area contributed by atoms with Crippen LogP contribution in [0.5, 0.6) is 0 Å². The topological polar surface area (TPSA) is 74.6 Å². The Kier molecular flexibility index (Phi) is 7.57. The molecule has 0 aliphatic rings. The molecule has 0 unspecified atom stereocenters. The summed E-state index contributed by atoms with van der Waals surface area (Å²) >= 11 is 0. The van der Waals surface area contributed by atoms with Gasteiger partial charge >= 0.3 is 11.9 Å². The number of carbonyl (C=O) groups is 2. The highest BCUT2D eigenvalue weighted by molar-refractivity contribution is 5.88. The molecule has 2 N–H and O–H groups in total. The summed E-state index contributed by atoms with van der Waals surface area (Å²) in [5.41, 5.74) is 0. The molecule has 0 saturated heterocycles. The highest BCUT2D eigenvalue weighted by atomic mass is 16.4. The third-order valence-corrected chi connectivity index (χ3v) is 0.302. The molecular weight excluding hydrogens is 124 g/mol. The largest absolute Gasteiger partial charge is 0.481 e. The zero-order valence-electron chi connectivity index (χ0n) is 4.57. The van der Waals surface area contributed by atoms with Crippen molar-refractivity contribution in [1.82, 2.24) is 0 Å². The summed E-state index contributed by atoms with van der Waals surface area (Å²) < 4.78 is 0. The summed E-state index contributed by atoms with van der Waals surface area (Å²) in [6.07, 6.45) is 7.19. The van der Waals surface area contributed by atoms with Crippen molar-refractivity contribution in [3.05, 3.63) is 0 Å². The zero-order chi connectivity index (χ0) is 7.86. The molecule has 0 aliphatic carbocycles. The number of terminal acetylenes is 1. The fraction of sp³-hybridized carbons (Fsp3) is 0.200. The van der Waals surface area contributed by atoms with E-state index in [9.17, 15) is 9.59 Å². The molecule has 0 fully saturated rings. The van der Waals surface area contributed by atoms with Gasteiger partial charge in [-0.2, -0.15) is 0 Å². The van der Waals surface area contributed by atoms with Gasteiger partial charge in [0.2, 0.25) is 0 Å². The van der Waals surface area contributed by atoms with Crippen LogP contribution < -0.4 is 0 Å². The number of hydrogen-bond donors (Lipinski definition) is 2. The second-order valence-corrected chi connectivity index (χ2v) is 0.964. The third kappa shape index (κ3) is 21.1. The number of aliphatic carboxylic acids is 2. The molecule has 0 aromatic rings. The standard InChI is InChI=1S/C3H4O4.C2H2/c4-2(5)1-3(6)7;1-2/h1H2,(H,4,5)(H,6,7);1-2H. The molecule has 0 saturated carbocycles. The van der Waals surface area contributed by atoms with E-state index in [4.69, 9.17) is 10.2 Å². The van der Waals surface area contributed by atoms with Crippen molar-refractivity contribution in [1.29, 1.82) is 0 Å². The van der Waals surface area contributed by atoms with Crippen LogP contribution >= 0.6 is 0 Å². The molecule has 0 aliphatic heterocycles. The first-order chi connectivity index (χ1) is 4.13. The van der Waals surface area contributed by atoms with E-state index in [0.717, 1.165) is 0 Å². The minimum atomic E-state index is -1.31. The molecule has 9 heavy (non-hydrogen) atoms. The summed E-state index contributed by atoms with van der Waals surface area (Å²) in [7, 11) is 0. The SMILES string of the molecule is C#C.O=C(O)CC(=O)O. The van der Waals surface area contributed by atoms with Gasteiger partial charge in [-0.25, -0.2) is 0 Å². The summed E-state index contributed by atoms with van der Waals surface area (Å²) in [5, 5.41) is 15.4. The van der Waals surface area contributed by atoms with Crippen molar-refractivity contribution in [3.63, 3.8) is 0 Å². The maximum Gasteiger partial charge on any atom is 0.314 e. The number of carboxylic acid groups (broad SMARTS) is 2. The van der Waals surface area contributed by atoms with Crippen molar-refractivity contribution in [2.24, 2.45) is 0 Å². The van der Waals surface area contributed by atoms with Gasteiger partial charge in [-0.05, 0) is 0 Å². The Balaban J connectivity index is 0. The van der Waals surface area contributed by atoms with Gasteiger partial charge in [0, 0.05) is 0 Å². The van der Waals surface area contributed by atoms with E-state index in [1.807, 2.05) is 0 Å². The quantitative estimate of drug-likeness (QED) is 0.400. The summed E-state index contributed by atoms with van der Waals surface area (Å²) in [5.74, 6) is -2.62. The molecular formula is C5H6O4. The van der Waals surface area contributed by atoms with Gasteiger partial charge in [0.25, 0.3) is 0 Å². The van der Waals surface area contributed by atoms with Crippen molar-refractivity contribution >= 4 is 11.9 Å². The Labute approximate surface area is 52.1 Å². The van der Waals surface area contributed by atoms with Gasteiger partial charge < -0.3 is 10.2 Å². The van der Waals surface area contributed by atoms with E-state index >= 15 is 0 Å². The smallest absolute Gasteiger partial charge is 0.314 e. The molecule has 0 aromatic carbocycles. The Hall–Kier alpha value is -1.50. The molecule has 0 atom stereocenters. The highest BCUT2D eigenvalue weighted by Crippen LogP contribution is 1.74. The van der Waals surface area contributed by atoms with Crippen molar-refractivity contribution in [2.75, 3.05) is 0 Å². The van der Waals surface area contributed by atoms with Crippen molar-refractivity contribution in [3.8, 4) is 12.8 Å². The van der Waals surface area contributed by atoms with Crippen molar-refractivity contribution in [2.45, 2.75) is 6.42 Å². The average Bonchev–Trinajstić information content (AvgIpc) is 1.68. The van der Waals surface area contributed by atoms with E-state index in [1.165, 1.54) is 0 Å². The first-order valence-electron chi connectivity index (χ1n) is 1.90. The molecule has 4 nitrogen and oxygen atoms in total. The Bertz CT molecular complexity index is 112. The molecule has 0 radical (unpaired) electrons. The van der Waals surface area contributed by atoms with Gasteiger partial charge in [0.05, 0.1) is 0 Å². The van der Waals surface area contributed by atoms with Crippen LogP contribution in [0, 0.1) is 12.8 Å². The monoisotopic (exact) mass is 130 g/mol. The molecule has 0 bridgehead atoms. The molecule has 0 spiro atoms. The maximum atomic E-state index is 9.43. The zero-order valence-corrected chi connectivity index (χ0v) is 4.57. The van der Waals surface area contributed by atoms with Gasteiger partial charge in [0.1, 0.15) is 6.42 Å². The Morgan fingerprint density at radius 1 is 1.11 bits per heavy atom. The summed E-state index contributed by atoms with van der Waals surface area (Å²) in [6, 6.07) is 0. The van der Waals surface area contributed by atoms with Crippen LogP contribution in [0.3, 0.4) is 0 Å². The lowest BCUT2D eigenvalue weighted by atomic mass is 10.5. The second kappa shape index (κ2) is 6.50. The van der Waals surface area contributed by atoms with Crippen molar-refractivity contribution < 1.29 is 19.8 Å². The third-order valence-electron chi connectivity index (χ3n) is 0.302. The predicted molar refractivity (Wildman–Crippen MR) is 29.8 cm³/mol. The lowest BCUT2D eigenvalue weighted by Gasteiger charge is -1.80. The minimum absolute atomic E-state index is 0.806. The fourth-order valence-electron chi connectivity index (χ4n) is 0.129. The number of carboxylic acids is 2. The van der Waals surface area contributed by atoms with Crippen LogP contribution in [0.4, 0.5) is 0 Å². The average molecular weight is 130 g/mol. The molecule has 0 amide bonds. The molecule has 4 heteroatoms. The van der Waals surface area contributed by atoms with Crippen LogP contribution in [-0.4, -0.2) is 22.2 Å². The fourth-order valence-corrected chi connectivity index (χ4v) is 0.129. The predicted octanol–water partition coefficient (Wildman–Crippen LogP) is -0.205. The van der Waals surface area contributed by atoms with Crippen LogP contribution in [0.2, 0.25) is 0 Å². The van der Waals surface area contributed by atoms with Crippen LogP contribution in [0.15, 0.2) is 0 Å². The van der Waals surface area contributed by atoms with Gasteiger partial charge in [0.15, 0.2) is 0 Å². The van der Waals surface area contributed by atoms with Gasteiger partial charge in [-0.15, -0.1) is 12.8 Å². The van der Waals surface area contributed by atoms with E-state index in [2.05, 4.69) is 12.8 Å². The molecule has 0 rings (SSSR count).